The van der Waals surface area contributed by atoms with Crippen LogP contribution in [0.25, 0.3) is 0 Å². The summed E-state index contributed by atoms with van der Waals surface area (Å²) in [5.74, 6) is -1.30. The molecule has 0 aromatic heterocycles. The number of hydrogen-bond donors (Lipinski definition) is 3. The fourth-order valence-corrected chi connectivity index (χ4v) is 2.80. The van der Waals surface area contributed by atoms with E-state index in [1.165, 1.54) is 11.8 Å². The zero-order chi connectivity index (χ0) is 20.5. The highest BCUT2D eigenvalue weighted by atomic mass is 16.5. The molecule has 1 heterocycles. The number of anilines is 2. The van der Waals surface area contributed by atoms with Gasteiger partial charge in [-0.3, -0.25) is 19.2 Å². The van der Waals surface area contributed by atoms with Crippen LogP contribution in [-0.2, 0) is 23.9 Å². The standard InChI is InChI=1S/C19H26N4O5/c1-3-10-28-18(26)11-16-19(27)20-8-9-23(16)17(25)12-21-14-4-6-15(7-5-14)22-13(2)24/h4-7,16,21H,3,8-12H2,1-2H3,(H,20,27)(H,22,24). The molecule has 1 aliphatic heterocycles. The van der Waals surface area contributed by atoms with Crippen LogP contribution in [0.1, 0.15) is 26.7 Å². The molecule has 0 spiro atoms. The van der Waals surface area contributed by atoms with Crippen LogP contribution in [0, 0.1) is 0 Å². The van der Waals surface area contributed by atoms with Gasteiger partial charge in [0.05, 0.1) is 19.6 Å². The van der Waals surface area contributed by atoms with Crippen LogP contribution < -0.4 is 16.0 Å². The van der Waals surface area contributed by atoms with Gasteiger partial charge in [-0.05, 0) is 30.7 Å². The molecule has 1 atom stereocenters. The van der Waals surface area contributed by atoms with Gasteiger partial charge in [-0.15, -0.1) is 0 Å². The summed E-state index contributed by atoms with van der Waals surface area (Å²) in [6.45, 7) is 4.25. The molecule has 28 heavy (non-hydrogen) atoms. The normalized spacial score (nSPS) is 16.1. The first kappa shape index (κ1) is 21.2. The Morgan fingerprint density at radius 1 is 1.21 bits per heavy atom. The van der Waals surface area contributed by atoms with Crippen molar-refractivity contribution in [3.63, 3.8) is 0 Å². The number of hydrogen-bond acceptors (Lipinski definition) is 6. The maximum absolute atomic E-state index is 12.6. The van der Waals surface area contributed by atoms with Crippen molar-refractivity contribution < 1.29 is 23.9 Å². The first-order valence-electron chi connectivity index (χ1n) is 9.25. The zero-order valence-corrected chi connectivity index (χ0v) is 16.1. The maximum Gasteiger partial charge on any atom is 0.308 e. The van der Waals surface area contributed by atoms with Crippen molar-refractivity contribution in [2.24, 2.45) is 0 Å². The molecule has 0 saturated carbocycles. The summed E-state index contributed by atoms with van der Waals surface area (Å²) >= 11 is 0. The molecule has 3 N–H and O–H groups in total. The average Bonchev–Trinajstić information content (AvgIpc) is 2.66. The van der Waals surface area contributed by atoms with E-state index in [0.717, 1.165) is 0 Å². The Morgan fingerprint density at radius 2 is 1.89 bits per heavy atom. The fraction of sp³-hybridized carbons (Fsp3) is 0.474. The Labute approximate surface area is 163 Å². The fourth-order valence-electron chi connectivity index (χ4n) is 2.80. The monoisotopic (exact) mass is 390 g/mol. The number of esters is 1. The van der Waals surface area contributed by atoms with Gasteiger partial charge in [-0.1, -0.05) is 6.92 Å². The molecule has 3 amide bonds. The van der Waals surface area contributed by atoms with E-state index < -0.39 is 12.0 Å². The summed E-state index contributed by atoms with van der Waals surface area (Å²) in [6.07, 6.45) is 0.527. The second kappa shape index (κ2) is 10.3. The van der Waals surface area contributed by atoms with Crippen LogP contribution in [0.3, 0.4) is 0 Å². The molecule has 152 valence electrons. The minimum atomic E-state index is -0.866. The maximum atomic E-state index is 12.6. The third-order valence-electron chi connectivity index (χ3n) is 4.13. The number of nitrogens with zero attached hydrogens (tertiary/aromatic N) is 1. The summed E-state index contributed by atoms with van der Waals surface area (Å²) in [6, 6.07) is 6.04. The molecule has 1 aliphatic rings. The van der Waals surface area contributed by atoms with Crippen molar-refractivity contribution in [3.05, 3.63) is 24.3 Å². The number of rotatable bonds is 8. The lowest BCUT2D eigenvalue weighted by Crippen LogP contribution is -2.58. The first-order valence-corrected chi connectivity index (χ1v) is 9.25. The number of benzene rings is 1. The smallest absolute Gasteiger partial charge is 0.308 e. The van der Waals surface area contributed by atoms with E-state index in [1.54, 1.807) is 24.3 Å². The van der Waals surface area contributed by atoms with Crippen LogP contribution in [0.15, 0.2) is 24.3 Å². The molecule has 1 aromatic carbocycles. The van der Waals surface area contributed by atoms with E-state index in [2.05, 4.69) is 16.0 Å². The summed E-state index contributed by atoms with van der Waals surface area (Å²) in [7, 11) is 0. The van der Waals surface area contributed by atoms with E-state index in [4.69, 9.17) is 4.74 Å². The minimum absolute atomic E-state index is 0.0206. The third kappa shape index (κ3) is 6.26. The molecular weight excluding hydrogens is 364 g/mol. The Hall–Kier alpha value is -3.10. The summed E-state index contributed by atoms with van der Waals surface area (Å²) in [5, 5.41) is 8.33. The molecule has 2 rings (SSSR count). The van der Waals surface area contributed by atoms with Crippen LogP contribution >= 0.6 is 0 Å². The van der Waals surface area contributed by atoms with Crippen LogP contribution in [-0.4, -0.2) is 60.9 Å². The number of piperazine rings is 1. The van der Waals surface area contributed by atoms with Gasteiger partial charge in [0, 0.05) is 31.4 Å². The lowest BCUT2D eigenvalue weighted by Gasteiger charge is -2.34. The Bertz CT molecular complexity index is 720. The molecule has 1 aromatic rings. The van der Waals surface area contributed by atoms with Gasteiger partial charge >= 0.3 is 5.97 Å². The number of carbonyl (C=O) groups is 4. The molecule has 1 unspecified atom stereocenters. The Morgan fingerprint density at radius 3 is 2.54 bits per heavy atom. The van der Waals surface area contributed by atoms with Crippen molar-refractivity contribution in [2.75, 3.05) is 36.9 Å². The SMILES string of the molecule is CCCOC(=O)CC1C(=O)NCCN1C(=O)CNc1ccc(NC(C)=O)cc1. The van der Waals surface area contributed by atoms with E-state index >= 15 is 0 Å². The molecule has 0 bridgehead atoms. The molecule has 1 fully saturated rings. The predicted molar refractivity (Wildman–Crippen MR) is 104 cm³/mol. The topological polar surface area (TPSA) is 117 Å². The van der Waals surface area contributed by atoms with Crippen molar-refractivity contribution in [2.45, 2.75) is 32.7 Å². The summed E-state index contributed by atoms with van der Waals surface area (Å²) < 4.78 is 5.04. The number of carbonyl (C=O) groups excluding carboxylic acids is 4. The van der Waals surface area contributed by atoms with Crippen molar-refractivity contribution >= 4 is 35.1 Å². The van der Waals surface area contributed by atoms with Crippen molar-refractivity contribution in [3.8, 4) is 0 Å². The second-order valence-corrected chi connectivity index (χ2v) is 6.43. The van der Waals surface area contributed by atoms with Gasteiger partial charge in [0.15, 0.2) is 0 Å². The number of amides is 3. The molecule has 9 heteroatoms. The van der Waals surface area contributed by atoms with E-state index in [0.29, 0.717) is 30.9 Å². The quantitative estimate of drug-likeness (QED) is 0.564. The van der Waals surface area contributed by atoms with Crippen LogP contribution in [0.2, 0.25) is 0 Å². The van der Waals surface area contributed by atoms with Crippen LogP contribution in [0.4, 0.5) is 11.4 Å². The van der Waals surface area contributed by atoms with Crippen LogP contribution in [0.5, 0.6) is 0 Å². The van der Waals surface area contributed by atoms with Gasteiger partial charge in [-0.2, -0.15) is 0 Å². The minimum Gasteiger partial charge on any atom is -0.466 e. The highest BCUT2D eigenvalue weighted by Crippen LogP contribution is 2.15. The molecule has 0 radical (unpaired) electrons. The molecule has 0 aliphatic carbocycles. The van der Waals surface area contributed by atoms with Gasteiger partial charge < -0.3 is 25.6 Å². The Balaban J connectivity index is 1.93. The van der Waals surface area contributed by atoms with E-state index in [9.17, 15) is 19.2 Å². The second-order valence-electron chi connectivity index (χ2n) is 6.43. The van der Waals surface area contributed by atoms with Gasteiger partial charge in [0.2, 0.25) is 17.7 Å². The van der Waals surface area contributed by atoms with Gasteiger partial charge in [-0.25, -0.2) is 0 Å². The summed E-state index contributed by atoms with van der Waals surface area (Å²) in [4.78, 5) is 49.1. The highest BCUT2D eigenvalue weighted by Gasteiger charge is 2.34. The number of ether oxygens (including phenoxy) is 1. The lowest BCUT2D eigenvalue weighted by molar-refractivity contribution is -0.151. The van der Waals surface area contributed by atoms with Gasteiger partial charge in [0.1, 0.15) is 6.04 Å². The molecular formula is C19H26N4O5. The van der Waals surface area contributed by atoms with Gasteiger partial charge in [0.25, 0.3) is 0 Å². The molecule has 1 saturated heterocycles. The lowest BCUT2D eigenvalue weighted by atomic mass is 10.1. The Kier molecular flexibility index (Phi) is 7.79. The van der Waals surface area contributed by atoms with E-state index in [-0.39, 0.29) is 37.3 Å². The van der Waals surface area contributed by atoms with Crippen molar-refractivity contribution in [1.82, 2.24) is 10.2 Å². The first-order chi connectivity index (χ1) is 13.4. The number of nitrogens with one attached hydrogen (secondary N) is 3. The van der Waals surface area contributed by atoms with E-state index in [1.807, 2.05) is 6.92 Å². The summed E-state index contributed by atoms with van der Waals surface area (Å²) in [5.41, 5.74) is 1.35. The predicted octanol–water partition coefficient (Wildman–Crippen LogP) is 0.727. The molecule has 9 nitrogen and oxygen atoms in total. The average molecular weight is 390 g/mol. The van der Waals surface area contributed by atoms with Crippen molar-refractivity contribution in [1.29, 1.82) is 0 Å². The third-order valence-corrected chi connectivity index (χ3v) is 4.13. The zero-order valence-electron chi connectivity index (χ0n) is 16.1. The highest BCUT2D eigenvalue weighted by molar-refractivity contribution is 5.93. The largest absolute Gasteiger partial charge is 0.466 e.